The minimum Gasteiger partial charge on any atom is -0.425 e. The SMILES string of the molecule is CC(=O)Oc1ccc2c(ccn2S(=O)(=O)c2ccccc2)c1Br.CCN(CC)CC. The summed E-state index contributed by atoms with van der Waals surface area (Å²) in [6, 6.07) is 13.0. The molecule has 0 aliphatic heterocycles. The molecular weight excluding hydrogens is 468 g/mol. The average Bonchev–Trinajstić information content (AvgIpc) is 3.18. The second kappa shape index (κ2) is 10.7. The minimum atomic E-state index is -3.69. The van der Waals surface area contributed by atoms with Gasteiger partial charge in [-0.3, -0.25) is 4.79 Å². The van der Waals surface area contributed by atoms with E-state index >= 15 is 0 Å². The number of benzene rings is 2. The lowest BCUT2D eigenvalue weighted by Gasteiger charge is -2.13. The highest BCUT2D eigenvalue weighted by molar-refractivity contribution is 9.10. The Labute approximate surface area is 186 Å². The van der Waals surface area contributed by atoms with Crippen LogP contribution < -0.4 is 4.74 Å². The number of halogens is 1. The van der Waals surface area contributed by atoms with E-state index in [-0.39, 0.29) is 4.90 Å². The van der Waals surface area contributed by atoms with E-state index in [1.165, 1.54) is 36.7 Å². The van der Waals surface area contributed by atoms with Crippen molar-refractivity contribution >= 4 is 42.8 Å². The Hall–Kier alpha value is -2.16. The molecule has 30 heavy (non-hydrogen) atoms. The van der Waals surface area contributed by atoms with E-state index in [0.29, 0.717) is 21.1 Å². The molecule has 8 heteroatoms. The Morgan fingerprint density at radius 3 is 2.10 bits per heavy atom. The van der Waals surface area contributed by atoms with Crippen molar-refractivity contribution in [2.24, 2.45) is 0 Å². The first-order chi connectivity index (χ1) is 14.3. The van der Waals surface area contributed by atoms with Gasteiger partial charge in [0.15, 0.2) is 0 Å². The molecular formula is C22H27BrN2O4S. The first kappa shape index (κ1) is 24.1. The lowest BCUT2D eigenvalue weighted by Crippen LogP contribution is -2.21. The molecule has 0 aliphatic rings. The van der Waals surface area contributed by atoms with Gasteiger partial charge in [0.2, 0.25) is 0 Å². The maximum atomic E-state index is 12.7. The van der Waals surface area contributed by atoms with Gasteiger partial charge < -0.3 is 9.64 Å². The van der Waals surface area contributed by atoms with Gasteiger partial charge in [0.25, 0.3) is 10.0 Å². The van der Waals surface area contributed by atoms with Gasteiger partial charge in [-0.2, -0.15) is 0 Å². The summed E-state index contributed by atoms with van der Waals surface area (Å²) >= 11 is 3.36. The van der Waals surface area contributed by atoms with Gasteiger partial charge in [0.1, 0.15) is 5.75 Å². The number of ether oxygens (including phenoxy) is 1. The van der Waals surface area contributed by atoms with Gasteiger partial charge in [0, 0.05) is 18.5 Å². The highest BCUT2D eigenvalue weighted by atomic mass is 79.9. The minimum absolute atomic E-state index is 0.206. The zero-order valence-corrected chi connectivity index (χ0v) is 20.0. The van der Waals surface area contributed by atoms with Crippen molar-refractivity contribution in [3.8, 4) is 5.75 Å². The highest BCUT2D eigenvalue weighted by Crippen LogP contribution is 2.35. The molecule has 3 aromatic rings. The van der Waals surface area contributed by atoms with Crippen LogP contribution in [0.3, 0.4) is 0 Å². The highest BCUT2D eigenvalue weighted by Gasteiger charge is 2.20. The molecule has 3 rings (SSSR count). The molecule has 0 unspecified atom stereocenters. The monoisotopic (exact) mass is 494 g/mol. The van der Waals surface area contributed by atoms with Crippen molar-refractivity contribution in [1.82, 2.24) is 8.87 Å². The summed E-state index contributed by atoms with van der Waals surface area (Å²) in [5.41, 5.74) is 0.497. The Morgan fingerprint density at radius 2 is 1.60 bits per heavy atom. The standard InChI is InChI=1S/C16H12BrNO4S.C6H15N/c1-11(19)22-15-8-7-14-13(16(15)17)9-10-18(14)23(20,21)12-5-3-2-4-6-12;1-4-7(5-2)6-3/h2-10H,1H3;4-6H2,1-3H3. The summed E-state index contributed by atoms with van der Waals surface area (Å²) in [6.45, 7) is 11.4. The number of hydrogen-bond donors (Lipinski definition) is 0. The predicted octanol–water partition coefficient (Wildman–Crippen LogP) is 4.91. The fourth-order valence-electron chi connectivity index (χ4n) is 2.96. The van der Waals surface area contributed by atoms with Crippen LogP contribution in [0.1, 0.15) is 27.7 Å². The Morgan fingerprint density at radius 1 is 1.00 bits per heavy atom. The molecule has 0 saturated heterocycles. The third-order valence-electron chi connectivity index (χ3n) is 4.63. The summed E-state index contributed by atoms with van der Waals surface area (Å²) in [5, 5.41) is 0.642. The number of hydrogen-bond acceptors (Lipinski definition) is 5. The van der Waals surface area contributed by atoms with Gasteiger partial charge >= 0.3 is 5.97 Å². The summed E-state index contributed by atoms with van der Waals surface area (Å²) in [6.07, 6.45) is 1.48. The molecule has 0 spiro atoms. The fourth-order valence-corrected chi connectivity index (χ4v) is 4.87. The molecule has 2 aromatic carbocycles. The quantitative estimate of drug-likeness (QED) is 0.359. The number of rotatable bonds is 6. The lowest BCUT2D eigenvalue weighted by atomic mass is 10.2. The van der Waals surface area contributed by atoms with Crippen molar-refractivity contribution in [2.45, 2.75) is 32.6 Å². The van der Waals surface area contributed by atoms with Crippen LogP contribution in [0.2, 0.25) is 0 Å². The smallest absolute Gasteiger partial charge is 0.308 e. The second-order valence-electron chi connectivity index (χ2n) is 6.45. The summed E-state index contributed by atoms with van der Waals surface area (Å²) in [4.78, 5) is 13.7. The summed E-state index contributed by atoms with van der Waals surface area (Å²) < 4.78 is 32.3. The molecule has 0 fully saturated rings. The topological polar surface area (TPSA) is 68.6 Å². The van der Waals surface area contributed by atoms with Crippen molar-refractivity contribution in [1.29, 1.82) is 0 Å². The third kappa shape index (κ3) is 5.50. The van der Waals surface area contributed by atoms with E-state index in [1.807, 2.05) is 0 Å². The molecule has 1 aromatic heterocycles. The molecule has 162 valence electrons. The van der Waals surface area contributed by atoms with E-state index in [1.54, 1.807) is 48.5 Å². The summed E-state index contributed by atoms with van der Waals surface area (Å²) in [7, 11) is -3.69. The number of esters is 1. The zero-order chi connectivity index (χ0) is 22.3. The Bertz CT molecular complexity index is 1090. The molecule has 0 aliphatic carbocycles. The van der Waals surface area contributed by atoms with E-state index in [2.05, 4.69) is 41.6 Å². The van der Waals surface area contributed by atoms with Crippen LogP contribution in [-0.2, 0) is 14.8 Å². The van der Waals surface area contributed by atoms with Crippen molar-refractivity contribution in [2.75, 3.05) is 19.6 Å². The third-order valence-corrected chi connectivity index (χ3v) is 7.15. The number of carbonyl (C=O) groups excluding carboxylic acids is 1. The van der Waals surface area contributed by atoms with Gasteiger partial charge in [-0.05, 0) is 65.9 Å². The maximum absolute atomic E-state index is 12.7. The van der Waals surface area contributed by atoms with Crippen LogP contribution in [0.15, 0.2) is 64.1 Å². The van der Waals surface area contributed by atoms with E-state index in [9.17, 15) is 13.2 Å². The predicted molar refractivity (Wildman–Crippen MR) is 123 cm³/mol. The molecule has 0 radical (unpaired) electrons. The van der Waals surface area contributed by atoms with Crippen LogP contribution in [0.4, 0.5) is 0 Å². The second-order valence-corrected chi connectivity index (χ2v) is 9.06. The molecule has 0 amide bonds. The molecule has 0 N–H and O–H groups in total. The first-order valence-electron chi connectivity index (χ1n) is 9.77. The molecule has 0 bridgehead atoms. The van der Waals surface area contributed by atoms with Gasteiger partial charge in [-0.25, -0.2) is 12.4 Å². The lowest BCUT2D eigenvalue weighted by molar-refractivity contribution is -0.131. The Balaban J connectivity index is 0.000000396. The van der Waals surface area contributed by atoms with E-state index in [0.717, 1.165) is 0 Å². The first-order valence-corrected chi connectivity index (χ1v) is 12.0. The van der Waals surface area contributed by atoms with Gasteiger partial charge in [-0.1, -0.05) is 39.0 Å². The maximum Gasteiger partial charge on any atom is 0.308 e. The molecule has 6 nitrogen and oxygen atoms in total. The molecule has 1 heterocycles. The number of carbonyl (C=O) groups is 1. The zero-order valence-electron chi connectivity index (χ0n) is 17.6. The molecule has 0 saturated carbocycles. The van der Waals surface area contributed by atoms with Crippen molar-refractivity contribution < 1.29 is 17.9 Å². The number of nitrogens with zero attached hydrogens (tertiary/aromatic N) is 2. The molecule has 0 atom stereocenters. The van der Waals surface area contributed by atoms with E-state index in [4.69, 9.17) is 4.74 Å². The van der Waals surface area contributed by atoms with Crippen LogP contribution >= 0.6 is 15.9 Å². The van der Waals surface area contributed by atoms with E-state index < -0.39 is 16.0 Å². The number of fused-ring (bicyclic) bond motifs is 1. The average molecular weight is 495 g/mol. The van der Waals surface area contributed by atoms with Crippen LogP contribution in [0.25, 0.3) is 10.9 Å². The van der Waals surface area contributed by atoms with Crippen LogP contribution in [0, 0.1) is 0 Å². The van der Waals surface area contributed by atoms with Crippen molar-refractivity contribution in [3.63, 3.8) is 0 Å². The Kier molecular flexibility index (Phi) is 8.64. The largest absolute Gasteiger partial charge is 0.425 e. The summed E-state index contributed by atoms with van der Waals surface area (Å²) in [5.74, 6) is -0.0961. The van der Waals surface area contributed by atoms with Crippen LogP contribution in [-0.4, -0.2) is 42.9 Å². The van der Waals surface area contributed by atoms with Crippen LogP contribution in [0.5, 0.6) is 5.75 Å². The van der Waals surface area contributed by atoms with Gasteiger partial charge in [-0.15, -0.1) is 0 Å². The normalized spacial score (nSPS) is 11.3. The van der Waals surface area contributed by atoms with Gasteiger partial charge in [0.05, 0.1) is 14.9 Å². The number of aromatic nitrogens is 1. The fraction of sp³-hybridized carbons (Fsp3) is 0.318. The van der Waals surface area contributed by atoms with Crippen molar-refractivity contribution in [3.05, 3.63) is 59.2 Å².